The zero-order chi connectivity index (χ0) is 24.4. The van der Waals surface area contributed by atoms with Crippen molar-refractivity contribution in [2.75, 3.05) is 5.32 Å². The number of hydrogen-bond donors (Lipinski definition) is 1. The Labute approximate surface area is 205 Å². The van der Waals surface area contributed by atoms with E-state index >= 15 is 0 Å². The smallest absolute Gasteiger partial charge is 0.272 e. The lowest BCUT2D eigenvalue weighted by atomic mass is 10.1. The lowest BCUT2D eigenvalue weighted by Crippen LogP contribution is -2.02. The predicted octanol–water partition coefficient (Wildman–Crippen LogP) is 7.18. The second-order valence-corrected chi connectivity index (χ2v) is 9.01. The van der Waals surface area contributed by atoms with Crippen molar-refractivity contribution in [2.45, 2.75) is 23.3 Å². The fraction of sp³-hybridized carbons (Fsp3) is 0.0741. The van der Waals surface area contributed by atoms with Crippen LogP contribution in [-0.2, 0) is 6.61 Å². The Morgan fingerprint density at radius 3 is 2.71 bits per heavy atom. The third-order valence-corrected chi connectivity index (χ3v) is 6.62. The highest BCUT2D eigenvalue weighted by Gasteiger charge is 2.16. The van der Waals surface area contributed by atoms with E-state index in [9.17, 15) is 14.9 Å². The Bertz CT molecular complexity index is 1470. The lowest BCUT2D eigenvalue weighted by Gasteiger charge is -2.20. The second-order valence-electron chi connectivity index (χ2n) is 7.93. The van der Waals surface area contributed by atoms with E-state index in [1.54, 1.807) is 49.0 Å². The second kappa shape index (κ2) is 9.52. The number of furan rings is 1. The highest BCUT2D eigenvalue weighted by Crippen LogP contribution is 2.44. The summed E-state index contributed by atoms with van der Waals surface area (Å²) in [6, 6.07) is 21.8. The van der Waals surface area contributed by atoms with Crippen LogP contribution in [0, 0.1) is 17.0 Å². The molecule has 0 saturated heterocycles. The molecule has 0 spiro atoms. The van der Waals surface area contributed by atoms with E-state index < -0.39 is 4.92 Å². The van der Waals surface area contributed by atoms with Crippen LogP contribution in [-0.4, -0.2) is 10.7 Å². The summed E-state index contributed by atoms with van der Waals surface area (Å²) in [4.78, 5) is 25.5. The summed E-state index contributed by atoms with van der Waals surface area (Å²) in [5.74, 6) is 1.48. The van der Waals surface area contributed by atoms with Gasteiger partial charge in [0.1, 0.15) is 23.9 Å². The highest BCUT2D eigenvalue weighted by atomic mass is 32.2. The Morgan fingerprint density at radius 1 is 1.06 bits per heavy atom. The number of anilines is 2. The minimum atomic E-state index is -0.426. The number of carbonyl (C=O) groups excluding carboxylic acids is 1. The normalized spacial score (nSPS) is 12.0. The summed E-state index contributed by atoms with van der Waals surface area (Å²) in [5.41, 5.74) is 3.09. The van der Waals surface area contributed by atoms with Gasteiger partial charge < -0.3 is 14.5 Å². The van der Waals surface area contributed by atoms with E-state index in [2.05, 4.69) is 11.4 Å². The van der Waals surface area contributed by atoms with Gasteiger partial charge in [-0.3, -0.25) is 14.9 Å². The van der Waals surface area contributed by atoms with Crippen LogP contribution in [0.15, 0.2) is 93.1 Å². The molecule has 1 aliphatic heterocycles. The number of allylic oxidation sites excluding steroid dienone is 1. The topological polar surface area (TPSA) is 94.6 Å². The number of carbonyl (C=O) groups is 1. The standard InChI is InChI=1S/C27H20N2O5S/c1-17-14-20(9-11-24(17)29(31)32)33-16-21-8-7-19(34-21)10-12-25(30)18-6-13-27-23(15-18)28-22-4-2-3-5-26(22)35-27/h2-15,28H,16H2,1H3/b12-10+. The number of aryl methyl sites for hydroxylation is 1. The minimum absolute atomic E-state index is 0.0470. The Hall–Kier alpha value is -4.30. The molecule has 0 unspecified atom stereocenters. The molecule has 2 heterocycles. The molecule has 4 aromatic rings. The number of ether oxygens (including phenoxy) is 1. The van der Waals surface area contributed by atoms with Crippen molar-refractivity contribution in [1.29, 1.82) is 0 Å². The lowest BCUT2D eigenvalue weighted by molar-refractivity contribution is -0.385. The molecule has 1 aromatic heterocycles. The molecular weight excluding hydrogens is 464 g/mol. The van der Waals surface area contributed by atoms with E-state index in [-0.39, 0.29) is 18.1 Å². The van der Waals surface area contributed by atoms with Gasteiger partial charge in [-0.25, -0.2) is 0 Å². The third kappa shape index (κ3) is 4.97. The SMILES string of the molecule is Cc1cc(OCc2ccc(/C=C/C(=O)c3ccc4c(c3)Nc3ccccc3S4)o2)ccc1[N+](=O)[O-]. The maximum absolute atomic E-state index is 12.7. The van der Waals surface area contributed by atoms with Gasteiger partial charge in [0.2, 0.25) is 0 Å². The highest BCUT2D eigenvalue weighted by molar-refractivity contribution is 7.99. The Balaban J connectivity index is 1.21. The summed E-state index contributed by atoms with van der Waals surface area (Å²) in [7, 11) is 0. The van der Waals surface area contributed by atoms with Gasteiger partial charge in [-0.05, 0) is 73.7 Å². The summed E-state index contributed by atoms with van der Waals surface area (Å²) < 4.78 is 11.4. The van der Waals surface area contributed by atoms with E-state index in [0.717, 1.165) is 21.2 Å². The first-order valence-electron chi connectivity index (χ1n) is 10.8. The summed E-state index contributed by atoms with van der Waals surface area (Å²) >= 11 is 1.67. The van der Waals surface area contributed by atoms with Crippen molar-refractivity contribution in [2.24, 2.45) is 0 Å². The van der Waals surface area contributed by atoms with Gasteiger partial charge in [0.05, 0.1) is 16.3 Å². The van der Waals surface area contributed by atoms with Gasteiger partial charge in [0, 0.05) is 27.0 Å². The van der Waals surface area contributed by atoms with Crippen LogP contribution in [0.2, 0.25) is 0 Å². The number of nitrogens with zero attached hydrogens (tertiary/aromatic N) is 1. The predicted molar refractivity (Wildman–Crippen MR) is 135 cm³/mol. The van der Waals surface area contributed by atoms with Gasteiger partial charge in [-0.15, -0.1) is 0 Å². The van der Waals surface area contributed by atoms with Gasteiger partial charge >= 0.3 is 0 Å². The van der Waals surface area contributed by atoms with E-state index in [1.165, 1.54) is 12.1 Å². The van der Waals surface area contributed by atoms with Crippen molar-refractivity contribution < 1.29 is 18.9 Å². The van der Waals surface area contributed by atoms with Crippen LogP contribution in [0.1, 0.15) is 27.4 Å². The van der Waals surface area contributed by atoms with Gasteiger partial charge in [-0.2, -0.15) is 0 Å². The van der Waals surface area contributed by atoms with E-state index in [4.69, 9.17) is 9.15 Å². The zero-order valence-electron chi connectivity index (χ0n) is 18.7. The Morgan fingerprint density at radius 2 is 1.89 bits per heavy atom. The first-order valence-corrected chi connectivity index (χ1v) is 11.6. The van der Waals surface area contributed by atoms with E-state index in [0.29, 0.717) is 28.4 Å². The van der Waals surface area contributed by atoms with Gasteiger partial charge in [0.15, 0.2) is 5.78 Å². The molecule has 0 fully saturated rings. The van der Waals surface area contributed by atoms with Crippen LogP contribution in [0.5, 0.6) is 5.75 Å². The van der Waals surface area contributed by atoms with Crippen molar-refractivity contribution in [3.05, 3.63) is 112 Å². The number of benzene rings is 3. The monoisotopic (exact) mass is 484 g/mol. The van der Waals surface area contributed by atoms with Crippen molar-refractivity contribution in [3.8, 4) is 5.75 Å². The fourth-order valence-electron chi connectivity index (χ4n) is 3.69. The molecule has 0 atom stereocenters. The summed E-state index contributed by atoms with van der Waals surface area (Å²) in [5, 5.41) is 14.3. The molecule has 0 bridgehead atoms. The van der Waals surface area contributed by atoms with Gasteiger partial charge in [-0.1, -0.05) is 23.9 Å². The number of nitrogens with one attached hydrogen (secondary N) is 1. The molecule has 0 aliphatic carbocycles. The van der Waals surface area contributed by atoms with E-state index in [1.807, 2.05) is 36.4 Å². The van der Waals surface area contributed by atoms with Crippen LogP contribution in [0.3, 0.4) is 0 Å². The molecule has 1 N–H and O–H groups in total. The Kier molecular flexibility index (Phi) is 6.12. The molecular formula is C27H20N2O5S. The molecule has 0 radical (unpaired) electrons. The molecule has 35 heavy (non-hydrogen) atoms. The maximum Gasteiger partial charge on any atom is 0.272 e. The minimum Gasteiger partial charge on any atom is -0.486 e. The number of nitro groups is 1. The molecule has 1 aliphatic rings. The van der Waals surface area contributed by atoms with Crippen LogP contribution < -0.4 is 10.1 Å². The largest absolute Gasteiger partial charge is 0.486 e. The molecule has 3 aromatic carbocycles. The first kappa shape index (κ1) is 22.5. The summed E-state index contributed by atoms with van der Waals surface area (Å²) in [6.45, 7) is 1.82. The van der Waals surface area contributed by atoms with Crippen LogP contribution >= 0.6 is 11.8 Å². The maximum atomic E-state index is 12.7. The average Bonchev–Trinajstić information content (AvgIpc) is 3.32. The number of nitro benzene ring substituents is 1. The quantitative estimate of drug-likeness (QED) is 0.113. The first-order chi connectivity index (χ1) is 17.0. The molecule has 8 heteroatoms. The number of hydrogen-bond acceptors (Lipinski definition) is 7. The van der Waals surface area contributed by atoms with Crippen LogP contribution in [0.25, 0.3) is 6.08 Å². The third-order valence-electron chi connectivity index (χ3n) is 5.47. The number of rotatable bonds is 7. The molecule has 0 saturated carbocycles. The average molecular weight is 485 g/mol. The summed E-state index contributed by atoms with van der Waals surface area (Å²) in [6.07, 6.45) is 3.10. The van der Waals surface area contributed by atoms with Gasteiger partial charge in [0.25, 0.3) is 5.69 Å². The van der Waals surface area contributed by atoms with Crippen molar-refractivity contribution in [1.82, 2.24) is 0 Å². The molecule has 7 nitrogen and oxygen atoms in total. The zero-order valence-corrected chi connectivity index (χ0v) is 19.5. The number of fused-ring (bicyclic) bond motifs is 2. The molecule has 0 amide bonds. The fourth-order valence-corrected chi connectivity index (χ4v) is 4.65. The van der Waals surface area contributed by atoms with Crippen molar-refractivity contribution >= 4 is 40.7 Å². The molecule has 5 rings (SSSR count). The number of ketones is 1. The number of para-hydroxylation sites is 1. The van der Waals surface area contributed by atoms with Crippen LogP contribution in [0.4, 0.5) is 17.1 Å². The molecule has 174 valence electrons. The van der Waals surface area contributed by atoms with Crippen molar-refractivity contribution in [3.63, 3.8) is 0 Å².